The zero-order valence-corrected chi connectivity index (χ0v) is 6.06. The van der Waals surface area contributed by atoms with Crippen LogP contribution in [0.2, 0.25) is 0 Å². The summed E-state index contributed by atoms with van der Waals surface area (Å²) >= 11 is 0. The number of imidazole rings is 1. The van der Waals surface area contributed by atoms with Crippen molar-refractivity contribution >= 4 is 0 Å². The van der Waals surface area contributed by atoms with Gasteiger partial charge in [-0.1, -0.05) is 6.92 Å². The molecule has 1 heterocycles. The molecule has 10 heavy (non-hydrogen) atoms. The highest BCUT2D eigenvalue weighted by molar-refractivity contribution is 4.96. The summed E-state index contributed by atoms with van der Waals surface area (Å²) in [6.07, 6.45) is 1.93. The van der Waals surface area contributed by atoms with Gasteiger partial charge in [-0.25, -0.2) is 9.66 Å². The maximum atomic E-state index is 12.6. The Kier molecular flexibility index (Phi) is 1.89. The Morgan fingerprint density at radius 1 is 1.80 bits per heavy atom. The number of aromatic nitrogens is 2. The van der Waals surface area contributed by atoms with E-state index in [2.05, 4.69) is 10.4 Å². The zero-order chi connectivity index (χ0) is 7.56. The Labute approximate surface area is 58.9 Å². The number of halogens is 1. The first-order valence-electron chi connectivity index (χ1n) is 3.19. The summed E-state index contributed by atoms with van der Waals surface area (Å²) in [7, 11) is 1.66. The normalized spacial score (nSPS) is 9.90. The van der Waals surface area contributed by atoms with E-state index in [-0.39, 0.29) is 5.95 Å². The molecule has 0 fully saturated rings. The van der Waals surface area contributed by atoms with Crippen molar-refractivity contribution in [1.82, 2.24) is 9.66 Å². The minimum Gasteiger partial charge on any atom is -0.325 e. The largest absolute Gasteiger partial charge is 0.325 e. The summed E-state index contributed by atoms with van der Waals surface area (Å²) in [6, 6.07) is 0. The second-order valence-corrected chi connectivity index (χ2v) is 1.91. The van der Waals surface area contributed by atoms with Crippen molar-refractivity contribution in [2.45, 2.75) is 13.3 Å². The Balaban J connectivity index is 3.01. The first-order chi connectivity index (χ1) is 4.79. The van der Waals surface area contributed by atoms with Gasteiger partial charge in [0.1, 0.15) is 5.82 Å². The molecule has 0 radical (unpaired) electrons. The molecule has 1 N–H and O–H groups in total. The van der Waals surface area contributed by atoms with Gasteiger partial charge in [0.05, 0.1) is 6.20 Å². The fraction of sp³-hybridized carbons (Fsp3) is 0.500. The fourth-order valence-corrected chi connectivity index (χ4v) is 0.852. The van der Waals surface area contributed by atoms with Gasteiger partial charge in [-0.3, -0.25) is 0 Å². The van der Waals surface area contributed by atoms with E-state index in [1.807, 2.05) is 6.92 Å². The number of rotatable bonds is 2. The first kappa shape index (κ1) is 7.05. The van der Waals surface area contributed by atoms with E-state index in [4.69, 9.17) is 0 Å². The van der Waals surface area contributed by atoms with Gasteiger partial charge in [0.25, 0.3) is 0 Å². The van der Waals surface area contributed by atoms with Crippen molar-refractivity contribution in [2.75, 3.05) is 12.5 Å². The molecular formula is C6H10FN3. The third-order valence-corrected chi connectivity index (χ3v) is 1.33. The fourth-order valence-electron chi connectivity index (χ4n) is 0.852. The lowest BCUT2D eigenvalue weighted by Crippen LogP contribution is -2.14. The zero-order valence-electron chi connectivity index (χ0n) is 6.06. The van der Waals surface area contributed by atoms with E-state index < -0.39 is 0 Å². The summed E-state index contributed by atoms with van der Waals surface area (Å²) in [4.78, 5) is 3.83. The minimum absolute atomic E-state index is 0.348. The van der Waals surface area contributed by atoms with Crippen molar-refractivity contribution in [2.24, 2.45) is 0 Å². The van der Waals surface area contributed by atoms with Crippen LogP contribution >= 0.6 is 0 Å². The van der Waals surface area contributed by atoms with Crippen LogP contribution in [0.3, 0.4) is 0 Å². The first-order valence-corrected chi connectivity index (χ1v) is 3.19. The number of hydrogen-bond acceptors (Lipinski definition) is 2. The number of nitrogens with zero attached hydrogens (tertiary/aromatic N) is 2. The molecule has 1 aromatic heterocycles. The molecule has 0 unspecified atom stereocenters. The quantitative estimate of drug-likeness (QED) is 0.662. The number of aryl methyl sites for hydroxylation is 1. The highest BCUT2D eigenvalue weighted by Crippen LogP contribution is 2.00. The SMILES string of the molecule is CCc1ncc(F)n1NC. The van der Waals surface area contributed by atoms with Crippen LogP contribution in [0.15, 0.2) is 6.20 Å². The topological polar surface area (TPSA) is 29.9 Å². The summed E-state index contributed by atoms with van der Waals surface area (Å²) in [5, 5.41) is 0. The van der Waals surface area contributed by atoms with Crippen molar-refractivity contribution in [3.63, 3.8) is 0 Å². The van der Waals surface area contributed by atoms with Gasteiger partial charge < -0.3 is 5.43 Å². The molecule has 0 saturated heterocycles. The van der Waals surface area contributed by atoms with Gasteiger partial charge in [0.2, 0.25) is 5.95 Å². The smallest absolute Gasteiger partial charge is 0.232 e. The van der Waals surface area contributed by atoms with Crippen LogP contribution in [-0.4, -0.2) is 16.7 Å². The molecule has 3 nitrogen and oxygen atoms in total. The van der Waals surface area contributed by atoms with E-state index in [0.717, 1.165) is 6.42 Å². The van der Waals surface area contributed by atoms with Gasteiger partial charge in [-0.05, 0) is 0 Å². The van der Waals surface area contributed by atoms with Gasteiger partial charge in [0, 0.05) is 13.5 Å². The third kappa shape index (κ3) is 0.964. The van der Waals surface area contributed by atoms with Crippen LogP contribution in [0.5, 0.6) is 0 Å². The molecule has 56 valence electrons. The average molecular weight is 143 g/mol. The van der Waals surface area contributed by atoms with Gasteiger partial charge in [-0.15, -0.1) is 0 Å². The van der Waals surface area contributed by atoms with E-state index >= 15 is 0 Å². The Morgan fingerprint density at radius 3 is 2.90 bits per heavy atom. The average Bonchev–Trinajstić information content (AvgIpc) is 2.30. The maximum absolute atomic E-state index is 12.6. The molecule has 0 spiro atoms. The standard InChI is InChI=1S/C6H10FN3/c1-3-6-9-4-5(7)10(6)8-2/h4,8H,3H2,1-2H3. The Bertz CT molecular complexity index is 219. The molecule has 0 aromatic carbocycles. The predicted molar refractivity (Wildman–Crippen MR) is 36.8 cm³/mol. The molecule has 0 aliphatic rings. The van der Waals surface area contributed by atoms with E-state index in [1.54, 1.807) is 7.05 Å². The summed E-state index contributed by atoms with van der Waals surface area (Å²) in [5.74, 6) is 0.361. The predicted octanol–water partition coefficient (Wildman–Crippen LogP) is 0.758. The molecule has 0 aliphatic carbocycles. The van der Waals surface area contributed by atoms with Gasteiger partial charge >= 0.3 is 0 Å². The molecule has 0 atom stereocenters. The van der Waals surface area contributed by atoms with Crippen molar-refractivity contribution in [3.05, 3.63) is 18.0 Å². The van der Waals surface area contributed by atoms with Crippen LogP contribution in [0.25, 0.3) is 0 Å². The van der Waals surface area contributed by atoms with Gasteiger partial charge in [-0.2, -0.15) is 4.39 Å². The molecule has 0 bridgehead atoms. The Morgan fingerprint density at radius 2 is 2.50 bits per heavy atom. The van der Waals surface area contributed by atoms with Crippen LogP contribution < -0.4 is 5.43 Å². The van der Waals surface area contributed by atoms with Crippen molar-refractivity contribution in [3.8, 4) is 0 Å². The van der Waals surface area contributed by atoms with Crippen molar-refractivity contribution in [1.29, 1.82) is 0 Å². The highest BCUT2D eigenvalue weighted by atomic mass is 19.1. The van der Waals surface area contributed by atoms with Crippen LogP contribution in [0, 0.1) is 5.95 Å². The molecule has 0 aliphatic heterocycles. The Hall–Kier alpha value is -1.06. The van der Waals surface area contributed by atoms with E-state index in [0.29, 0.717) is 5.82 Å². The molecule has 0 amide bonds. The van der Waals surface area contributed by atoms with Crippen LogP contribution in [0.1, 0.15) is 12.7 Å². The lowest BCUT2D eigenvalue weighted by Gasteiger charge is -2.03. The summed E-state index contributed by atoms with van der Waals surface area (Å²) in [6.45, 7) is 1.93. The summed E-state index contributed by atoms with van der Waals surface area (Å²) in [5.41, 5.74) is 2.67. The molecular weight excluding hydrogens is 133 g/mol. The molecule has 4 heteroatoms. The summed E-state index contributed by atoms with van der Waals surface area (Å²) < 4.78 is 14.0. The maximum Gasteiger partial charge on any atom is 0.232 e. The van der Waals surface area contributed by atoms with Gasteiger partial charge in [0.15, 0.2) is 0 Å². The van der Waals surface area contributed by atoms with Crippen LogP contribution in [-0.2, 0) is 6.42 Å². The third-order valence-electron chi connectivity index (χ3n) is 1.33. The monoisotopic (exact) mass is 143 g/mol. The molecule has 1 rings (SSSR count). The minimum atomic E-state index is -0.348. The number of nitrogens with one attached hydrogen (secondary N) is 1. The molecule has 1 aromatic rings. The second-order valence-electron chi connectivity index (χ2n) is 1.91. The molecule has 0 saturated carbocycles. The lowest BCUT2D eigenvalue weighted by molar-refractivity contribution is 0.532. The van der Waals surface area contributed by atoms with E-state index in [9.17, 15) is 4.39 Å². The second kappa shape index (κ2) is 2.68. The highest BCUT2D eigenvalue weighted by Gasteiger charge is 2.04. The van der Waals surface area contributed by atoms with E-state index in [1.165, 1.54) is 10.9 Å². The van der Waals surface area contributed by atoms with Crippen molar-refractivity contribution < 1.29 is 4.39 Å². The number of hydrogen-bond donors (Lipinski definition) is 1. The van der Waals surface area contributed by atoms with Crippen LogP contribution in [0.4, 0.5) is 4.39 Å². The lowest BCUT2D eigenvalue weighted by atomic mass is 10.5.